The summed E-state index contributed by atoms with van der Waals surface area (Å²) >= 11 is 0. The summed E-state index contributed by atoms with van der Waals surface area (Å²) in [6, 6.07) is -4.86. The monoisotopic (exact) mass is 375 g/mol. The number of ether oxygens (including phenoxy) is 3. The van der Waals surface area contributed by atoms with Gasteiger partial charge in [-0.25, -0.2) is 0 Å². The zero-order valence-electron chi connectivity index (χ0n) is 31.5. The fourth-order valence-corrected chi connectivity index (χ4v) is 1.68. The van der Waals surface area contributed by atoms with Crippen LogP contribution in [-0.2, 0) is 6.37 Å². The van der Waals surface area contributed by atoms with E-state index < -0.39 is 104 Å². The third kappa shape index (κ3) is 5.95. The quantitative estimate of drug-likeness (QED) is 0.665. The first kappa shape index (κ1) is 7.08. The van der Waals surface area contributed by atoms with Crippen molar-refractivity contribution in [2.75, 3.05) is 20.7 Å². The van der Waals surface area contributed by atoms with Gasteiger partial charge in [0.15, 0.2) is 11.5 Å². The number of benzene rings is 2. The second-order valence-electron chi connectivity index (χ2n) is 4.97. The number of hydrogen-bond acceptors (Lipinski definition) is 4. The molecule has 0 saturated carbocycles. The predicted octanol–water partition coefficient (Wildman–Crippen LogP) is 4.47. The normalized spacial score (nSPS) is 24.1. The van der Waals surface area contributed by atoms with Crippen molar-refractivity contribution in [2.24, 2.45) is 0 Å². The summed E-state index contributed by atoms with van der Waals surface area (Å²) in [5, 5.41) is 10.7. The zero-order valence-corrected chi connectivity index (χ0v) is 14.5. The SMILES string of the molecule is [2H]c1c([2H])c(OC([2H])([2H])C(O)C([2H])([2H])CC([2H])([2H])C([2H])([2H])c2c([2H])c([2H])c(OC)c(OC([2H])([2H])[2H])c2[2H])c([2H])c(C)c1C. The molecule has 0 aromatic heterocycles. The summed E-state index contributed by atoms with van der Waals surface area (Å²) in [7, 11) is -2.27. The Balaban J connectivity index is 2.58. The largest absolute Gasteiger partial charge is 0.493 e. The van der Waals surface area contributed by atoms with Gasteiger partial charge in [-0.2, -0.15) is 0 Å². The van der Waals surface area contributed by atoms with E-state index in [1.165, 1.54) is 13.8 Å². The molecule has 0 amide bonds. The van der Waals surface area contributed by atoms with Gasteiger partial charge in [-0.1, -0.05) is 18.5 Å². The Hall–Kier alpha value is -2.20. The fraction of sp³-hybridized carbons (Fsp3) is 0.455. The maximum Gasteiger partial charge on any atom is 0.160 e. The van der Waals surface area contributed by atoms with Gasteiger partial charge in [-0.3, -0.25) is 0 Å². The van der Waals surface area contributed by atoms with Crippen LogP contribution in [0.25, 0.3) is 0 Å². The topological polar surface area (TPSA) is 47.9 Å². The van der Waals surface area contributed by atoms with Crippen molar-refractivity contribution in [2.45, 2.75) is 45.5 Å². The summed E-state index contributed by atoms with van der Waals surface area (Å²) in [5.41, 5.74) is -0.803. The molecule has 4 nitrogen and oxygen atoms in total. The first-order valence-corrected chi connectivity index (χ1v) is 7.47. The van der Waals surface area contributed by atoms with E-state index in [0.717, 1.165) is 7.11 Å². The van der Waals surface area contributed by atoms with Crippen molar-refractivity contribution in [3.05, 3.63) is 52.9 Å². The van der Waals surface area contributed by atoms with Gasteiger partial charge in [-0.05, 0) is 73.8 Å². The van der Waals surface area contributed by atoms with Gasteiger partial charge >= 0.3 is 0 Å². The average molecular weight is 376 g/mol. The molecular formula is C22H30O4. The molecule has 0 fully saturated rings. The lowest BCUT2D eigenvalue weighted by Gasteiger charge is -2.13. The van der Waals surface area contributed by atoms with Gasteiger partial charge in [0.1, 0.15) is 12.3 Å². The lowest BCUT2D eigenvalue weighted by atomic mass is 10.0. The molecule has 0 bridgehead atoms. The number of hydrogen-bond donors (Lipinski definition) is 1. The van der Waals surface area contributed by atoms with Crippen molar-refractivity contribution in [3.8, 4) is 17.2 Å². The highest BCUT2D eigenvalue weighted by Gasteiger charge is 2.07. The molecule has 1 N–H and O–H groups in total. The van der Waals surface area contributed by atoms with Crippen LogP contribution in [0.1, 0.15) is 59.2 Å². The number of aliphatic hydroxyl groups excluding tert-OH is 1. The standard InChI is InChI=1S/C22H30O4/c1-16-9-11-20(13-17(16)2)26-15-19(23)8-6-5-7-18-10-12-21(24-3)22(14-18)25-4/h9-14,19,23H,5-8,15H2,1-4H3/i4D3,5D2,7D2,8D2,9D,10D,11D,12D,13D,14D,15D2. The molecule has 0 aliphatic carbocycles. The Labute approximate surface area is 180 Å². The Morgan fingerprint density at radius 3 is 2.73 bits per heavy atom. The molecule has 0 aliphatic heterocycles. The van der Waals surface area contributed by atoms with Crippen molar-refractivity contribution in [3.63, 3.8) is 0 Å². The molecule has 1 atom stereocenters. The van der Waals surface area contributed by atoms with Crippen molar-refractivity contribution >= 4 is 0 Å². The van der Waals surface area contributed by atoms with Gasteiger partial charge in [0, 0.05) is 8.22 Å². The molecule has 26 heavy (non-hydrogen) atoms. The lowest BCUT2D eigenvalue weighted by Crippen LogP contribution is -2.17. The molecule has 2 rings (SSSR count). The van der Waals surface area contributed by atoms with E-state index >= 15 is 0 Å². The van der Waals surface area contributed by atoms with Gasteiger partial charge < -0.3 is 19.3 Å². The number of methoxy groups -OCH3 is 2. The third-order valence-corrected chi connectivity index (χ3v) is 3.15. The Morgan fingerprint density at radius 1 is 1.12 bits per heavy atom. The highest BCUT2D eigenvalue weighted by molar-refractivity contribution is 5.42. The van der Waals surface area contributed by atoms with Crippen molar-refractivity contribution in [1.29, 1.82) is 0 Å². The van der Waals surface area contributed by atoms with Crippen LogP contribution in [0.3, 0.4) is 0 Å². The van der Waals surface area contributed by atoms with E-state index in [-0.39, 0.29) is 11.1 Å². The molecule has 4 heteroatoms. The van der Waals surface area contributed by atoms with Gasteiger partial charge in [0.05, 0.1) is 35.3 Å². The average Bonchev–Trinajstić information content (AvgIpc) is 2.85. The molecule has 142 valence electrons. The Bertz CT molecular complexity index is 1360. The van der Waals surface area contributed by atoms with Crippen LogP contribution in [0, 0.1) is 13.8 Å². The van der Waals surface area contributed by atoms with Crippen LogP contribution in [0.2, 0.25) is 0 Å². The highest BCUT2D eigenvalue weighted by atomic mass is 16.5. The second kappa shape index (κ2) is 10.1. The van der Waals surface area contributed by atoms with E-state index in [4.69, 9.17) is 37.5 Å². The summed E-state index contributed by atoms with van der Waals surface area (Å²) < 4.78 is 152. The van der Waals surface area contributed by atoms with Gasteiger partial charge in [0.25, 0.3) is 0 Å². The van der Waals surface area contributed by atoms with E-state index in [9.17, 15) is 5.11 Å². The minimum Gasteiger partial charge on any atom is -0.493 e. The molecule has 2 aromatic carbocycles. The van der Waals surface area contributed by atoms with Crippen LogP contribution in [0.5, 0.6) is 17.2 Å². The Morgan fingerprint density at radius 2 is 1.96 bits per heavy atom. The molecule has 0 aliphatic rings. The molecule has 0 saturated heterocycles. The summed E-state index contributed by atoms with van der Waals surface area (Å²) in [6.07, 6.45) is -14.9. The molecule has 0 radical (unpaired) electrons. The maximum absolute atomic E-state index is 10.7. The van der Waals surface area contributed by atoms with E-state index in [2.05, 4.69) is 0 Å². The maximum atomic E-state index is 10.7. The van der Waals surface area contributed by atoms with Crippen LogP contribution >= 0.6 is 0 Å². The first-order valence-electron chi connectivity index (χ1n) is 16.0. The molecule has 0 spiro atoms. The van der Waals surface area contributed by atoms with Crippen LogP contribution in [-0.4, -0.2) is 31.9 Å². The van der Waals surface area contributed by atoms with Crippen LogP contribution in [0.4, 0.5) is 0 Å². The summed E-state index contributed by atoms with van der Waals surface area (Å²) in [5.74, 6) is -2.50. The molecule has 2 aromatic rings. The van der Waals surface area contributed by atoms with Crippen LogP contribution in [0.15, 0.2) is 36.3 Å². The van der Waals surface area contributed by atoms with E-state index in [1.807, 2.05) is 0 Å². The lowest BCUT2D eigenvalue weighted by molar-refractivity contribution is 0.0976. The molecule has 0 heterocycles. The fourth-order valence-electron chi connectivity index (χ4n) is 1.68. The van der Waals surface area contributed by atoms with Crippen molar-refractivity contribution in [1.82, 2.24) is 0 Å². The zero-order chi connectivity index (χ0) is 33.8. The second-order valence-corrected chi connectivity index (χ2v) is 4.97. The number of rotatable bonds is 10. The predicted molar refractivity (Wildman–Crippen MR) is 105 cm³/mol. The van der Waals surface area contributed by atoms with Crippen LogP contribution < -0.4 is 14.2 Å². The molecular weight excluding hydrogens is 328 g/mol. The smallest absolute Gasteiger partial charge is 0.160 e. The minimum absolute atomic E-state index is 0.154. The van der Waals surface area contributed by atoms with Gasteiger partial charge in [-0.15, -0.1) is 0 Å². The van der Waals surface area contributed by atoms with Crippen molar-refractivity contribution < 1.29 is 42.6 Å². The van der Waals surface area contributed by atoms with E-state index in [1.54, 1.807) is 0 Å². The van der Waals surface area contributed by atoms with Gasteiger partial charge in [0.2, 0.25) is 0 Å². The molecule has 1 unspecified atom stereocenters. The van der Waals surface area contributed by atoms with E-state index in [0.29, 0.717) is 0 Å². The summed E-state index contributed by atoms with van der Waals surface area (Å²) in [6.45, 7) is -0.603. The summed E-state index contributed by atoms with van der Waals surface area (Å²) in [4.78, 5) is 0. The Kier molecular flexibility index (Phi) is 2.74. The number of aliphatic hydroxyl groups is 1. The first-order chi connectivity index (χ1) is 19.2. The minimum atomic E-state index is -3.55. The highest BCUT2D eigenvalue weighted by Crippen LogP contribution is 2.28. The third-order valence-electron chi connectivity index (χ3n) is 3.15.